The van der Waals surface area contributed by atoms with Gasteiger partial charge in [0.25, 0.3) is 5.91 Å². The average Bonchev–Trinajstić information content (AvgIpc) is 3.54. The minimum Gasteiger partial charge on any atom is -0.366 e. The van der Waals surface area contributed by atoms with Crippen LogP contribution in [0.15, 0.2) is 36.4 Å². The fourth-order valence-corrected chi connectivity index (χ4v) is 4.44. The molecule has 6 nitrogen and oxygen atoms in total. The summed E-state index contributed by atoms with van der Waals surface area (Å²) < 4.78 is 8.19. The molecule has 1 amide bonds. The second kappa shape index (κ2) is 6.95. The molecule has 1 aliphatic heterocycles. The van der Waals surface area contributed by atoms with Crippen molar-refractivity contribution in [3.63, 3.8) is 0 Å². The maximum Gasteiger partial charge on any atom is 0.254 e. The highest BCUT2D eigenvalue weighted by molar-refractivity contribution is 6.06. The number of ether oxygens (including phenoxy) is 1. The van der Waals surface area contributed by atoms with Crippen molar-refractivity contribution in [2.75, 3.05) is 13.1 Å². The molecule has 2 fully saturated rings. The number of morpholine rings is 1. The Labute approximate surface area is 170 Å². The van der Waals surface area contributed by atoms with Crippen LogP contribution in [0.2, 0.25) is 0 Å². The van der Waals surface area contributed by atoms with E-state index in [-0.39, 0.29) is 18.1 Å². The number of aryl methyl sites for hydroxylation is 3. The van der Waals surface area contributed by atoms with Gasteiger partial charge >= 0.3 is 0 Å². The van der Waals surface area contributed by atoms with Gasteiger partial charge in [-0.1, -0.05) is 30.3 Å². The van der Waals surface area contributed by atoms with E-state index in [0.29, 0.717) is 24.6 Å². The largest absolute Gasteiger partial charge is 0.366 e. The van der Waals surface area contributed by atoms with E-state index in [9.17, 15) is 4.79 Å². The Bertz CT molecular complexity index is 1070. The molecule has 3 aromatic rings. The normalized spacial score (nSPS) is 22.2. The molecular formula is C23H26N4O2. The Morgan fingerprint density at radius 1 is 1.14 bits per heavy atom. The van der Waals surface area contributed by atoms with Crippen LogP contribution >= 0.6 is 0 Å². The lowest BCUT2D eigenvalue weighted by molar-refractivity contribution is -0.0863. The first-order chi connectivity index (χ1) is 14.0. The van der Waals surface area contributed by atoms with E-state index < -0.39 is 0 Å². The molecule has 1 aromatic carbocycles. The van der Waals surface area contributed by atoms with Gasteiger partial charge < -0.3 is 9.64 Å². The predicted octanol–water partition coefficient (Wildman–Crippen LogP) is 3.58. The summed E-state index contributed by atoms with van der Waals surface area (Å²) in [5.74, 6) is 0.614. The highest BCUT2D eigenvalue weighted by Gasteiger charge is 2.40. The zero-order chi connectivity index (χ0) is 20.1. The zero-order valence-corrected chi connectivity index (χ0v) is 17.1. The Morgan fingerprint density at radius 2 is 1.90 bits per heavy atom. The fourth-order valence-electron chi connectivity index (χ4n) is 4.44. The number of benzene rings is 1. The molecular weight excluding hydrogens is 364 g/mol. The molecule has 150 valence electrons. The SMILES string of the molecule is Cc1cc(C(=O)N2C[C@@H](c3ccccc3)O[C@@H](C3CC3)C2)c2c(C)nn(C)c2n1. The summed E-state index contributed by atoms with van der Waals surface area (Å²) in [4.78, 5) is 20.3. The molecule has 6 heteroatoms. The quantitative estimate of drug-likeness (QED) is 0.686. The smallest absolute Gasteiger partial charge is 0.254 e. The van der Waals surface area contributed by atoms with Gasteiger partial charge in [0, 0.05) is 19.3 Å². The summed E-state index contributed by atoms with van der Waals surface area (Å²) in [6, 6.07) is 12.1. The van der Waals surface area contributed by atoms with E-state index in [1.807, 2.05) is 50.1 Å². The van der Waals surface area contributed by atoms with Crippen molar-refractivity contribution in [3.8, 4) is 0 Å². The van der Waals surface area contributed by atoms with Gasteiger partial charge in [-0.15, -0.1) is 0 Å². The molecule has 1 saturated heterocycles. The fraction of sp³-hybridized carbons (Fsp3) is 0.435. The molecule has 1 saturated carbocycles. The molecule has 0 unspecified atom stereocenters. The zero-order valence-electron chi connectivity index (χ0n) is 17.1. The molecule has 1 aliphatic carbocycles. The lowest BCUT2D eigenvalue weighted by Gasteiger charge is -2.38. The lowest BCUT2D eigenvalue weighted by atomic mass is 10.0. The van der Waals surface area contributed by atoms with E-state index in [0.717, 1.165) is 28.0 Å². The summed E-state index contributed by atoms with van der Waals surface area (Å²) in [6.45, 7) is 5.08. The van der Waals surface area contributed by atoms with Crippen LogP contribution in [0.5, 0.6) is 0 Å². The minimum absolute atomic E-state index is 0.0477. The van der Waals surface area contributed by atoms with Crippen molar-refractivity contribution in [2.45, 2.75) is 38.9 Å². The first-order valence-electron chi connectivity index (χ1n) is 10.3. The van der Waals surface area contributed by atoms with Crippen LogP contribution in [-0.4, -0.2) is 44.8 Å². The third kappa shape index (κ3) is 3.31. The highest BCUT2D eigenvalue weighted by atomic mass is 16.5. The Kier molecular flexibility index (Phi) is 4.39. The number of hydrogen-bond donors (Lipinski definition) is 0. The topological polar surface area (TPSA) is 60.3 Å². The Morgan fingerprint density at radius 3 is 2.62 bits per heavy atom. The third-order valence-electron chi connectivity index (χ3n) is 6.06. The Balaban J connectivity index is 1.52. The second-order valence-corrected chi connectivity index (χ2v) is 8.34. The molecule has 5 rings (SSSR count). The summed E-state index contributed by atoms with van der Waals surface area (Å²) in [7, 11) is 1.87. The van der Waals surface area contributed by atoms with Crippen LogP contribution < -0.4 is 0 Å². The second-order valence-electron chi connectivity index (χ2n) is 8.34. The molecule has 2 aromatic heterocycles. The van der Waals surface area contributed by atoms with Crippen LogP contribution in [0, 0.1) is 19.8 Å². The van der Waals surface area contributed by atoms with Crippen molar-refractivity contribution < 1.29 is 9.53 Å². The average molecular weight is 390 g/mol. The number of pyridine rings is 1. The third-order valence-corrected chi connectivity index (χ3v) is 6.06. The lowest BCUT2D eigenvalue weighted by Crippen LogP contribution is -2.47. The van der Waals surface area contributed by atoms with Crippen LogP contribution in [0.4, 0.5) is 0 Å². The van der Waals surface area contributed by atoms with E-state index in [1.54, 1.807) is 4.68 Å². The summed E-state index contributed by atoms with van der Waals surface area (Å²) in [5, 5.41) is 5.35. The molecule has 2 atom stereocenters. The minimum atomic E-state index is -0.0899. The van der Waals surface area contributed by atoms with E-state index in [1.165, 1.54) is 12.8 Å². The summed E-state index contributed by atoms with van der Waals surface area (Å²) in [6.07, 6.45) is 2.39. The van der Waals surface area contributed by atoms with E-state index in [4.69, 9.17) is 4.74 Å². The number of aromatic nitrogens is 3. The standard InChI is InChI=1S/C23H26N4O2/c1-14-11-18(21-15(2)25-26(3)22(21)24-14)23(28)27-12-19(16-7-5-4-6-8-16)29-20(13-27)17-9-10-17/h4-8,11,17,19-20H,9-10,12-13H2,1-3H3/t19-,20+/m0/s1. The monoisotopic (exact) mass is 390 g/mol. The molecule has 29 heavy (non-hydrogen) atoms. The van der Waals surface area contributed by atoms with E-state index >= 15 is 0 Å². The highest BCUT2D eigenvalue weighted by Crippen LogP contribution is 2.40. The molecule has 3 heterocycles. The van der Waals surface area contributed by atoms with Crippen molar-refractivity contribution in [3.05, 3.63) is 58.9 Å². The van der Waals surface area contributed by atoms with Gasteiger partial charge in [0.15, 0.2) is 5.65 Å². The van der Waals surface area contributed by atoms with Crippen LogP contribution in [0.25, 0.3) is 11.0 Å². The van der Waals surface area contributed by atoms with Gasteiger partial charge in [-0.05, 0) is 44.2 Å². The number of carbonyl (C=O) groups excluding carboxylic acids is 1. The molecule has 2 aliphatic rings. The number of rotatable bonds is 3. The van der Waals surface area contributed by atoms with E-state index in [2.05, 4.69) is 22.2 Å². The van der Waals surface area contributed by atoms with Gasteiger partial charge in [-0.2, -0.15) is 5.10 Å². The number of carbonyl (C=O) groups is 1. The maximum absolute atomic E-state index is 13.7. The number of fused-ring (bicyclic) bond motifs is 1. The Hall–Kier alpha value is -2.73. The van der Waals surface area contributed by atoms with Crippen molar-refractivity contribution in [1.82, 2.24) is 19.7 Å². The first kappa shape index (κ1) is 18.3. The van der Waals surface area contributed by atoms with Crippen molar-refractivity contribution >= 4 is 16.9 Å². The molecule has 0 radical (unpaired) electrons. The molecule has 0 N–H and O–H groups in total. The van der Waals surface area contributed by atoms with Crippen molar-refractivity contribution in [1.29, 1.82) is 0 Å². The number of amides is 1. The van der Waals surface area contributed by atoms with Crippen LogP contribution in [0.3, 0.4) is 0 Å². The summed E-state index contributed by atoms with van der Waals surface area (Å²) in [5.41, 5.74) is 4.25. The van der Waals surface area contributed by atoms with Crippen LogP contribution in [0.1, 0.15) is 46.3 Å². The van der Waals surface area contributed by atoms with Crippen molar-refractivity contribution in [2.24, 2.45) is 13.0 Å². The van der Waals surface area contributed by atoms with Gasteiger partial charge in [0.05, 0.1) is 29.3 Å². The van der Waals surface area contributed by atoms with Gasteiger partial charge in [-0.25, -0.2) is 4.98 Å². The number of nitrogens with zero attached hydrogens (tertiary/aromatic N) is 4. The number of hydrogen-bond acceptors (Lipinski definition) is 4. The maximum atomic E-state index is 13.7. The van der Waals surface area contributed by atoms with Gasteiger partial charge in [0.1, 0.15) is 6.10 Å². The summed E-state index contributed by atoms with van der Waals surface area (Å²) >= 11 is 0. The molecule has 0 bridgehead atoms. The molecule has 0 spiro atoms. The van der Waals surface area contributed by atoms with Crippen LogP contribution in [-0.2, 0) is 11.8 Å². The van der Waals surface area contributed by atoms with Gasteiger partial charge in [0.2, 0.25) is 0 Å². The van der Waals surface area contributed by atoms with Gasteiger partial charge in [-0.3, -0.25) is 9.48 Å². The first-order valence-corrected chi connectivity index (χ1v) is 10.3. The predicted molar refractivity (Wildman–Crippen MR) is 111 cm³/mol.